The molecule has 0 spiro atoms. The van der Waals surface area contributed by atoms with Gasteiger partial charge in [0.25, 0.3) is 0 Å². The Morgan fingerprint density at radius 1 is 1.11 bits per heavy atom. The highest BCUT2D eigenvalue weighted by Crippen LogP contribution is 2.47. The summed E-state index contributed by atoms with van der Waals surface area (Å²) < 4.78 is 10.9. The zero-order valence-electron chi connectivity index (χ0n) is 16.7. The number of primary amides is 1. The van der Waals surface area contributed by atoms with Gasteiger partial charge in [-0.05, 0) is 55.4 Å². The molecule has 0 radical (unpaired) electrons. The molecule has 152 valence electrons. The number of nitrogens with two attached hydrogens (primary N) is 1. The van der Waals surface area contributed by atoms with E-state index in [-0.39, 0.29) is 5.91 Å². The fourth-order valence-corrected chi connectivity index (χ4v) is 4.65. The van der Waals surface area contributed by atoms with E-state index in [1.54, 1.807) is 14.2 Å². The maximum atomic E-state index is 12.9. The zero-order chi connectivity index (χ0) is 19.9. The summed E-state index contributed by atoms with van der Waals surface area (Å²) in [5.74, 6) is 0.993. The third-order valence-corrected chi connectivity index (χ3v) is 6.58. The summed E-state index contributed by atoms with van der Waals surface area (Å²) >= 11 is 0. The van der Waals surface area contributed by atoms with Crippen LogP contribution in [0.15, 0.2) is 12.1 Å². The van der Waals surface area contributed by atoms with Gasteiger partial charge in [0.2, 0.25) is 11.8 Å². The topological polar surface area (TPSA) is 85.1 Å². The summed E-state index contributed by atoms with van der Waals surface area (Å²) in [6, 6.07) is 4.45. The summed E-state index contributed by atoms with van der Waals surface area (Å²) in [4.78, 5) is 29.0. The average Bonchev–Trinajstić information content (AvgIpc) is 3.54. The second-order valence-electron chi connectivity index (χ2n) is 8.19. The average molecular weight is 387 g/mol. The maximum absolute atomic E-state index is 12.9. The predicted molar refractivity (Wildman–Crippen MR) is 104 cm³/mol. The van der Waals surface area contributed by atoms with Crippen molar-refractivity contribution in [1.82, 2.24) is 9.80 Å². The van der Waals surface area contributed by atoms with Gasteiger partial charge >= 0.3 is 0 Å². The molecule has 2 aliphatic heterocycles. The molecule has 2 amide bonds. The molecular weight excluding hydrogens is 358 g/mol. The van der Waals surface area contributed by atoms with Gasteiger partial charge in [-0.2, -0.15) is 0 Å². The van der Waals surface area contributed by atoms with Gasteiger partial charge in [0.05, 0.1) is 14.2 Å². The minimum absolute atomic E-state index is 0.0616. The van der Waals surface area contributed by atoms with Crippen molar-refractivity contribution in [3.05, 3.63) is 23.3 Å². The first kappa shape index (κ1) is 19.1. The largest absolute Gasteiger partial charge is 0.493 e. The number of piperidine rings is 1. The monoisotopic (exact) mass is 387 g/mol. The summed E-state index contributed by atoms with van der Waals surface area (Å²) in [5.41, 5.74) is 7.13. The van der Waals surface area contributed by atoms with Gasteiger partial charge in [0.1, 0.15) is 5.41 Å². The zero-order valence-corrected chi connectivity index (χ0v) is 16.7. The third-order valence-electron chi connectivity index (χ3n) is 6.58. The highest BCUT2D eigenvalue weighted by atomic mass is 16.5. The van der Waals surface area contributed by atoms with E-state index in [4.69, 9.17) is 15.2 Å². The van der Waals surface area contributed by atoms with E-state index in [2.05, 4.69) is 17.0 Å². The van der Waals surface area contributed by atoms with E-state index < -0.39 is 11.3 Å². The van der Waals surface area contributed by atoms with Crippen LogP contribution < -0.4 is 15.2 Å². The Labute approximate surface area is 165 Å². The molecule has 2 heterocycles. The van der Waals surface area contributed by atoms with Gasteiger partial charge in [0, 0.05) is 32.2 Å². The summed E-state index contributed by atoms with van der Waals surface area (Å²) in [6.07, 6.45) is 4.17. The molecule has 7 heteroatoms. The molecule has 2 N–H and O–H groups in total. The first-order chi connectivity index (χ1) is 13.5. The molecule has 1 aromatic carbocycles. The van der Waals surface area contributed by atoms with Crippen molar-refractivity contribution < 1.29 is 19.1 Å². The fourth-order valence-electron chi connectivity index (χ4n) is 4.65. The Hall–Kier alpha value is -2.28. The van der Waals surface area contributed by atoms with Crippen molar-refractivity contribution >= 4 is 11.8 Å². The highest BCUT2D eigenvalue weighted by molar-refractivity contribution is 6.07. The van der Waals surface area contributed by atoms with Crippen LogP contribution >= 0.6 is 0 Å². The van der Waals surface area contributed by atoms with Crippen molar-refractivity contribution in [3.63, 3.8) is 0 Å². The van der Waals surface area contributed by atoms with Crippen molar-refractivity contribution in [2.45, 2.75) is 44.7 Å². The van der Waals surface area contributed by atoms with E-state index in [1.165, 1.54) is 11.1 Å². The van der Waals surface area contributed by atoms with Crippen LogP contribution in [0, 0.1) is 5.41 Å². The van der Waals surface area contributed by atoms with Crippen molar-refractivity contribution in [3.8, 4) is 11.5 Å². The minimum Gasteiger partial charge on any atom is -0.493 e. The number of hydrogen-bond donors (Lipinski definition) is 1. The maximum Gasteiger partial charge on any atom is 0.238 e. The van der Waals surface area contributed by atoms with Gasteiger partial charge in [-0.3, -0.25) is 14.5 Å². The van der Waals surface area contributed by atoms with E-state index in [0.717, 1.165) is 50.4 Å². The number of carbonyl (C=O) groups is 2. The third kappa shape index (κ3) is 3.21. The molecule has 4 rings (SSSR count). The SMILES string of the molecule is COc1cc2c(cc1OC)CN(C1CCCN(C(=O)C3(C(N)=O)CC3)C1)CC2. The number of rotatable bonds is 5. The molecule has 2 fully saturated rings. The van der Waals surface area contributed by atoms with Gasteiger partial charge in [-0.1, -0.05) is 0 Å². The van der Waals surface area contributed by atoms with Gasteiger partial charge in [0.15, 0.2) is 11.5 Å². The normalized spacial score (nSPS) is 23.6. The Bertz CT molecular complexity index is 790. The lowest BCUT2D eigenvalue weighted by Crippen LogP contribution is -2.53. The van der Waals surface area contributed by atoms with Gasteiger partial charge in [-0.15, -0.1) is 0 Å². The molecule has 1 atom stereocenters. The smallest absolute Gasteiger partial charge is 0.238 e. The lowest BCUT2D eigenvalue weighted by Gasteiger charge is -2.42. The second kappa shape index (κ2) is 7.28. The van der Waals surface area contributed by atoms with E-state index in [0.29, 0.717) is 25.4 Å². The molecule has 0 bridgehead atoms. The quantitative estimate of drug-likeness (QED) is 0.770. The molecule has 1 saturated carbocycles. The number of fused-ring (bicyclic) bond motifs is 1. The fraction of sp³-hybridized carbons (Fsp3) is 0.619. The molecule has 7 nitrogen and oxygen atoms in total. The Kier molecular flexibility index (Phi) is 4.95. The van der Waals surface area contributed by atoms with Crippen LogP contribution in [-0.2, 0) is 22.6 Å². The van der Waals surface area contributed by atoms with Gasteiger partial charge in [-0.25, -0.2) is 0 Å². The summed E-state index contributed by atoms with van der Waals surface area (Å²) in [5, 5.41) is 0. The minimum atomic E-state index is -0.916. The number of hydrogen-bond acceptors (Lipinski definition) is 5. The van der Waals surface area contributed by atoms with Crippen LogP contribution in [-0.4, -0.2) is 61.5 Å². The molecule has 1 aromatic rings. The Morgan fingerprint density at radius 2 is 1.79 bits per heavy atom. The molecule has 3 aliphatic rings. The first-order valence-electron chi connectivity index (χ1n) is 10.1. The van der Waals surface area contributed by atoms with Crippen molar-refractivity contribution in [2.24, 2.45) is 11.1 Å². The van der Waals surface area contributed by atoms with Crippen molar-refractivity contribution in [1.29, 1.82) is 0 Å². The second-order valence-corrected chi connectivity index (χ2v) is 8.19. The Morgan fingerprint density at radius 3 is 2.39 bits per heavy atom. The number of benzene rings is 1. The predicted octanol–water partition coefficient (Wildman–Crippen LogP) is 1.32. The number of nitrogens with zero attached hydrogens (tertiary/aromatic N) is 2. The standard InChI is InChI=1S/C21H29N3O4/c1-27-17-10-14-5-9-23(12-15(14)11-18(17)28-2)16-4-3-8-24(13-16)20(26)21(6-7-21)19(22)25/h10-11,16H,3-9,12-13H2,1-2H3,(H2,22,25). The number of ether oxygens (including phenoxy) is 2. The van der Waals surface area contributed by atoms with Crippen LogP contribution in [0.1, 0.15) is 36.8 Å². The van der Waals surface area contributed by atoms with Crippen LogP contribution in [0.4, 0.5) is 0 Å². The summed E-state index contributed by atoms with van der Waals surface area (Å²) in [7, 11) is 3.31. The molecular formula is C21H29N3O4. The number of likely N-dealkylation sites (tertiary alicyclic amines) is 1. The molecule has 1 aliphatic carbocycles. The van der Waals surface area contributed by atoms with Crippen molar-refractivity contribution in [2.75, 3.05) is 33.9 Å². The number of methoxy groups -OCH3 is 2. The van der Waals surface area contributed by atoms with Gasteiger partial charge < -0.3 is 20.1 Å². The molecule has 1 saturated heterocycles. The van der Waals surface area contributed by atoms with Crippen LogP contribution in [0.5, 0.6) is 11.5 Å². The number of amides is 2. The lowest BCUT2D eigenvalue weighted by molar-refractivity contribution is -0.144. The van der Waals surface area contributed by atoms with Crippen LogP contribution in [0.3, 0.4) is 0 Å². The lowest BCUT2D eigenvalue weighted by atomic mass is 9.94. The highest BCUT2D eigenvalue weighted by Gasteiger charge is 2.57. The van der Waals surface area contributed by atoms with Crippen LogP contribution in [0.25, 0.3) is 0 Å². The molecule has 1 unspecified atom stereocenters. The van der Waals surface area contributed by atoms with E-state index in [1.807, 2.05) is 4.90 Å². The molecule has 28 heavy (non-hydrogen) atoms. The summed E-state index contributed by atoms with van der Waals surface area (Å²) in [6.45, 7) is 3.19. The van der Waals surface area contributed by atoms with Crippen LogP contribution in [0.2, 0.25) is 0 Å². The van der Waals surface area contributed by atoms with E-state index in [9.17, 15) is 9.59 Å². The number of carbonyl (C=O) groups excluding carboxylic acids is 2. The molecule has 0 aromatic heterocycles. The van der Waals surface area contributed by atoms with E-state index >= 15 is 0 Å². The Balaban J connectivity index is 1.47. The first-order valence-corrected chi connectivity index (χ1v) is 10.1.